The van der Waals surface area contributed by atoms with Gasteiger partial charge in [-0.05, 0) is 24.1 Å². The van der Waals surface area contributed by atoms with Crippen LogP contribution in [0.5, 0.6) is 0 Å². The summed E-state index contributed by atoms with van der Waals surface area (Å²) in [7, 11) is -3.65. The molecule has 1 aromatic carbocycles. The molecule has 8 heteroatoms. The third kappa shape index (κ3) is 3.74. The van der Waals surface area contributed by atoms with Gasteiger partial charge in [0.1, 0.15) is 10.7 Å². The van der Waals surface area contributed by atoms with E-state index in [2.05, 4.69) is 0 Å². The van der Waals surface area contributed by atoms with Gasteiger partial charge in [-0.3, -0.25) is 0 Å². The van der Waals surface area contributed by atoms with Crippen molar-refractivity contribution in [2.24, 2.45) is 5.92 Å². The summed E-state index contributed by atoms with van der Waals surface area (Å²) in [6.07, 6.45) is 0.00775. The Balaban J connectivity index is 2.32. The predicted molar refractivity (Wildman–Crippen MR) is 85.1 cm³/mol. The normalized spacial score (nSPS) is 19.3. The topological polar surface area (TPSA) is 77.9 Å². The summed E-state index contributed by atoms with van der Waals surface area (Å²) >= 11 is 0. The van der Waals surface area contributed by atoms with Crippen molar-refractivity contribution in [2.75, 3.05) is 30.8 Å². The molecule has 0 bridgehead atoms. The molecule has 1 saturated heterocycles. The number of carboxylic acid groups (broad SMARTS) is 1. The molecule has 1 fully saturated rings. The van der Waals surface area contributed by atoms with Crippen LogP contribution in [0.15, 0.2) is 23.1 Å². The van der Waals surface area contributed by atoms with Gasteiger partial charge in [0.05, 0.1) is 6.04 Å². The van der Waals surface area contributed by atoms with Gasteiger partial charge in [-0.1, -0.05) is 13.8 Å². The van der Waals surface area contributed by atoms with Crippen LogP contribution in [-0.2, 0) is 9.84 Å². The van der Waals surface area contributed by atoms with E-state index in [1.807, 2.05) is 18.7 Å². The first-order valence-electron chi connectivity index (χ1n) is 7.35. The molecule has 1 N–H and O–H groups in total. The lowest BCUT2D eigenvalue weighted by Gasteiger charge is -2.43. The minimum atomic E-state index is -3.65. The quantitative estimate of drug-likeness (QED) is 0.908. The monoisotopic (exact) mass is 344 g/mol. The van der Waals surface area contributed by atoms with Crippen LogP contribution in [0.3, 0.4) is 0 Å². The molecule has 23 heavy (non-hydrogen) atoms. The summed E-state index contributed by atoms with van der Waals surface area (Å²) in [6.45, 7) is 5.08. The molecule has 1 aromatic rings. The molecular formula is C15H21FN2O4S. The van der Waals surface area contributed by atoms with E-state index in [0.717, 1.165) is 12.3 Å². The highest BCUT2D eigenvalue weighted by Crippen LogP contribution is 2.26. The molecule has 128 valence electrons. The largest absolute Gasteiger partial charge is 0.465 e. The van der Waals surface area contributed by atoms with Crippen molar-refractivity contribution >= 4 is 21.6 Å². The summed E-state index contributed by atoms with van der Waals surface area (Å²) in [6, 6.07) is 3.78. The number of sulfone groups is 1. The van der Waals surface area contributed by atoms with Crippen LogP contribution in [-0.4, -0.2) is 56.4 Å². The second kappa shape index (κ2) is 6.35. The van der Waals surface area contributed by atoms with Gasteiger partial charge in [0.2, 0.25) is 0 Å². The van der Waals surface area contributed by atoms with Gasteiger partial charge >= 0.3 is 6.09 Å². The van der Waals surface area contributed by atoms with Crippen molar-refractivity contribution in [3.05, 3.63) is 24.0 Å². The number of hydrogen-bond acceptors (Lipinski definition) is 4. The number of amides is 1. The molecule has 1 heterocycles. The Kier molecular flexibility index (Phi) is 4.84. The van der Waals surface area contributed by atoms with E-state index in [4.69, 9.17) is 0 Å². The van der Waals surface area contributed by atoms with E-state index in [1.54, 1.807) is 0 Å². The van der Waals surface area contributed by atoms with Crippen molar-refractivity contribution in [3.63, 3.8) is 0 Å². The highest BCUT2D eigenvalue weighted by molar-refractivity contribution is 7.90. The van der Waals surface area contributed by atoms with E-state index >= 15 is 0 Å². The van der Waals surface area contributed by atoms with Crippen LogP contribution in [0.25, 0.3) is 0 Å². The van der Waals surface area contributed by atoms with E-state index in [-0.39, 0.29) is 16.9 Å². The van der Waals surface area contributed by atoms with Gasteiger partial charge in [0.15, 0.2) is 9.84 Å². The minimum Gasteiger partial charge on any atom is -0.465 e. The van der Waals surface area contributed by atoms with Gasteiger partial charge in [0, 0.05) is 31.6 Å². The molecule has 1 atom stereocenters. The van der Waals surface area contributed by atoms with Gasteiger partial charge in [0.25, 0.3) is 0 Å². The van der Waals surface area contributed by atoms with Gasteiger partial charge < -0.3 is 14.9 Å². The zero-order chi connectivity index (χ0) is 17.4. The molecule has 0 aliphatic carbocycles. The molecule has 6 nitrogen and oxygen atoms in total. The lowest BCUT2D eigenvalue weighted by Crippen LogP contribution is -2.57. The maximum absolute atomic E-state index is 13.7. The molecule has 0 saturated carbocycles. The molecule has 1 aliphatic rings. The standard InChI is InChI=1S/C15H21FN2O4S/c1-10(2)13-9-17(6-7-18(13)15(19)20)11-4-5-12(16)14(8-11)23(3,21)22/h4-5,8,10,13H,6-7,9H2,1-3H3,(H,19,20). The Morgan fingerprint density at radius 3 is 2.52 bits per heavy atom. The van der Waals surface area contributed by atoms with Crippen molar-refractivity contribution in [2.45, 2.75) is 24.8 Å². The number of halogens is 1. The highest BCUT2D eigenvalue weighted by atomic mass is 32.2. The summed E-state index contributed by atoms with van der Waals surface area (Å²) < 4.78 is 37.0. The van der Waals surface area contributed by atoms with Crippen molar-refractivity contribution in [3.8, 4) is 0 Å². The number of rotatable bonds is 3. The number of hydrogen-bond donors (Lipinski definition) is 1. The summed E-state index contributed by atoms with van der Waals surface area (Å²) in [4.78, 5) is 14.3. The van der Waals surface area contributed by atoms with Crippen molar-refractivity contribution in [1.29, 1.82) is 0 Å². The summed E-state index contributed by atoms with van der Waals surface area (Å²) in [5.74, 6) is -0.662. The second-order valence-corrected chi connectivity index (χ2v) is 8.10. The first-order chi connectivity index (χ1) is 10.6. The number of piperazine rings is 1. The average molecular weight is 344 g/mol. The Bertz CT molecular complexity index is 705. The molecular weight excluding hydrogens is 323 g/mol. The first kappa shape index (κ1) is 17.5. The molecule has 1 amide bonds. The lowest BCUT2D eigenvalue weighted by atomic mass is 9.99. The SMILES string of the molecule is CC(C)C1CN(c2ccc(F)c(S(C)(=O)=O)c2)CCN1C(=O)O. The Hall–Kier alpha value is -1.83. The van der Waals surface area contributed by atoms with Gasteiger partial charge in [-0.2, -0.15) is 0 Å². The number of anilines is 1. The zero-order valence-corrected chi connectivity index (χ0v) is 14.2. The smallest absolute Gasteiger partial charge is 0.407 e. The van der Waals surface area contributed by atoms with E-state index < -0.39 is 21.7 Å². The summed E-state index contributed by atoms with van der Waals surface area (Å²) in [5.41, 5.74) is 0.586. The summed E-state index contributed by atoms with van der Waals surface area (Å²) in [5, 5.41) is 9.28. The van der Waals surface area contributed by atoms with Crippen LogP contribution in [0, 0.1) is 11.7 Å². The van der Waals surface area contributed by atoms with Gasteiger partial charge in [-0.15, -0.1) is 0 Å². The lowest BCUT2D eigenvalue weighted by molar-refractivity contribution is 0.103. The predicted octanol–water partition coefficient (Wildman–Crippen LogP) is 2.05. The van der Waals surface area contributed by atoms with E-state index in [1.165, 1.54) is 17.0 Å². The minimum absolute atomic E-state index is 0.115. The molecule has 0 radical (unpaired) electrons. The second-order valence-electron chi connectivity index (χ2n) is 6.12. The molecule has 0 spiro atoms. The molecule has 2 rings (SSSR count). The van der Waals surface area contributed by atoms with Crippen molar-refractivity contribution < 1.29 is 22.7 Å². The van der Waals surface area contributed by atoms with Gasteiger partial charge in [-0.25, -0.2) is 17.6 Å². The average Bonchev–Trinajstić information content (AvgIpc) is 2.45. The van der Waals surface area contributed by atoms with Crippen LogP contribution < -0.4 is 4.90 Å². The highest BCUT2D eigenvalue weighted by Gasteiger charge is 2.32. The third-order valence-corrected chi connectivity index (χ3v) is 5.23. The molecule has 0 aromatic heterocycles. The molecule has 1 unspecified atom stereocenters. The van der Waals surface area contributed by atoms with Crippen LogP contribution >= 0.6 is 0 Å². The number of carbonyl (C=O) groups is 1. The maximum atomic E-state index is 13.7. The fourth-order valence-corrected chi connectivity index (χ4v) is 3.58. The van der Waals surface area contributed by atoms with Crippen molar-refractivity contribution in [1.82, 2.24) is 4.90 Å². The maximum Gasteiger partial charge on any atom is 0.407 e. The number of benzene rings is 1. The Morgan fingerprint density at radius 1 is 1.35 bits per heavy atom. The Morgan fingerprint density at radius 2 is 2.00 bits per heavy atom. The zero-order valence-electron chi connectivity index (χ0n) is 13.4. The van der Waals surface area contributed by atoms with E-state index in [9.17, 15) is 22.7 Å². The molecule has 1 aliphatic heterocycles. The Labute approximate surface area is 135 Å². The van der Waals surface area contributed by atoms with E-state index in [0.29, 0.717) is 25.3 Å². The van der Waals surface area contributed by atoms with Crippen LogP contribution in [0.4, 0.5) is 14.9 Å². The van der Waals surface area contributed by atoms with Crippen LogP contribution in [0.1, 0.15) is 13.8 Å². The fourth-order valence-electron chi connectivity index (χ4n) is 2.83. The van der Waals surface area contributed by atoms with Crippen LogP contribution in [0.2, 0.25) is 0 Å². The number of nitrogens with zero attached hydrogens (tertiary/aromatic N) is 2. The third-order valence-electron chi connectivity index (χ3n) is 4.11. The first-order valence-corrected chi connectivity index (χ1v) is 9.24. The fraction of sp³-hybridized carbons (Fsp3) is 0.533.